The Hall–Kier alpha value is -2.29. The lowest BCUT2D eigenvalue weighted by atomic mass is 10.1. The van der Waals surface area contributed by atoms with Crippen LogP contribution in [0.25, 0.3) is 11.1 Å². The molecule has 0 radical (unpaired) electrons. The predicted octanol–water partition coefficient (Wildman–Crippen LogP) is 5.75. The van der Waals surface area contributed by atoms with Crippen LogP contribution in [0.2, 0.25) is 0 Å². The molecule has 2 aromatic carbocycles. The molecule has 1 aliphatic rings. The molecule has 2 unspecified atom stereocenters. The molecule has 0 saturated carbocycles. The molecule has 2 aromatic rings. The van der Waals surface area contributed by atoms with Crippen molar-refractivity contribution in [2.45, 2.75) is 40.5 Å². The number of hydrogen-bond donors (Lipinski definition) is 0. The summed E-state index contributed by atoms with van der Waals surface area (Å²) in [5.41, 5.74) is 3.41. The van der Waals surface area contributed by atoms with E-state index in [1.165, 1.54) is 0 Å². The molecule has 3 heteroatoms. The summed E-state index contributed by atoms with van der Waals surface area (Å²) >= 11 is 0. The van der Waals surface area contributed by atoms with Crippen LogP contribution in [0.3, 0.4) is 0 Å². The number of carbonyl (C=O) groups is 1. The first-order valence-corrected chi connectivity index (χ1v) is 9.62. The molecule has 0 N–H and O–H groups in total. The van der Waals surface area contributed by atoms with Gasteiger partial charge in [-0.1, -0.05) is 40.5 Å². The van der Waals surface area contributed by atoms with Crippen LogP contribution >= 0.6 is 0 Å². The fourth-order valence-corrected chi connectivity index (χ4v) is 2.93. The topological polar surface area (TPSA) is 35.5 Å². The van der Waals surface area contributed by atoms with Crippen LogP contribution in [0.5, 0.6) is 11.5 Å². The van der Waals surface area contributed by atoms with Gasteiger partial charge in [0.05, 0.1) is 13.2 Å². The van der Waals surface area contributed by atoms with Gasteiger partial charge in [-0.3, -0.25) is 4.79 Å². The highest BCUT2D eigenvalue weighted by Gasteiger charge is 2.27. The van der Waals surface area contributed by atoms with E-state index in [0.29, 0.717) is 25.0 Å². The second-order valence-corrected chi connectivity index (χ2v) is 7.39. The maximum Gasteiger partial charge on any atom is 0.194 e. The Morgan fingerprint density at radius 3 is 1.54 bits per heavy atom. The van der Waals surface area contributed by atoms with Gasteiger partial charge < -0.3 is 9.47 Å². The highest BCUT2D eigenvalue weighted by atomic mass is 16.5. The van der Waals surface area contributed by atoms with E-state index in [4.69, 9.17) is 9.47 Å². The smallest absolute Gasteiger partial charge is 0.194 e. The zero-order valence-corrected chi connectivity index (χ0v) is 16.2. The van der Waals surface area contributed by atoms with Gasteiger partial charge in [0, 0.05) is 11.1 Å². The second-order valence-electron chi connectivity index (χ2n) is 7.39. The lowest BCUT2D eigenvalue weighted by molar-refractivity contribution is 0.104. The number of fused-ring (bicyclic) bond motifs is 3. The minimum atomic E-state index is 0.0537. The molecule has 0 aliphatic heterocycles. The van der Waals surface area contributed by atoms with Gasteiger partial charge in [0.2, 0.25) is 0 Å². The van der Waals surface area contributed by atoms with E-state index in [-0.39, 0.29) is 5.78 Å². The van der Waals surface area contributed by atoms with E-state index < -0.39 is 0 Å². The van der Waals surface area contributed by atoms with Crippen LogP contribution in [0, 0.1) is 11.8 Å². The number of ketones is 1. The van der Waals surface area contributed by atoms with Crippen molar-refractivity contribution >= 4 is 5.78 Å². The first kappa shape index (κ1) is 18.5. The molecule has 3 rings (SSSR count). The first-order chi connectivity index (χ1) is 12.5. The van der Waals surface area contributed by atoms with E-state index in [1.54, 1.807) is 0 Å². The van der Waals surface area contributed by atoms with Gasteiger partial charge >= 0.3 is 0 Å². The standard InChI is InChI=1S/C23H28O3/c1-5-15(3)13-25-17-7-9-19-20-10-8-18(26-14-16(4)6-2)12-22(20)23(24)21(19)11-17/h7-12,15-16H,5-6,13-14H2,1-4H3. The normalized spacial score (nSPS) is 14.5. The van der Waals surface area contributed by atoms with Crippen LogP contribution < -0.4 is 9.47 Å². The Kier molecular flexibility index (Phi) is 5.65. The monoisotopic (exact) mass is 352 g/mol. The van der Waals surface area contributed by atoms with Crippen molar-refractivity contribution in [3.8, 4) is 22.6 Å². The maximum atomic E-state index is 12.9. The lowest BCUT2D eigenvalue weighted by Gasteiger charge is -2.12. The average Bonchev–Trinajstić information content (AvgIpc) is 2.95. The molecule has 0 spiro atoms. The predicted molar refractivity (Wildman–Crippen MR) is 105 cm³/mol. The molecule has 0 aromatic heterocycles. The highest BCUT2D eigenvalue weighted by Crippen LogP contribution is 2.40. The molecule has 0 fully saturated rings. The minimum Gasteiger partial charge on any atom is -0.493 e. The quantitative estimate of drug-likeness (QED) is 0.518. The second kappa shape index (κ2) is 7.94. The Morgan fingerprint density at radius 2 is 1.15 bits per heavy atom. The number of benzene rings is 2. The van der Waals surface area contributed by atoms with Gasteiger partial charge in [-0.25, -0.2) is 0 Å². The zero-order chi connectivity index (χ0) is 18.7. The van der Waals surface area contributed by atoms with Crippen LogP contribution in [-0.2, 0) is 0 Å². The minimum absolute atomic E-state index is 0.0537. The fraction of sp³-hybridized carbons (Fsp3) is 0.435. The summed E-state index contributed by atoms with van der Waals surface area (Å²) in [6, 6.07) is 11.6. The summed E-state index contributed by atoms with van der Waals surface area (Å²) in [6.45, 7) is 9.97. The van der Waals surface area contributed by atoms with Crippen molar-refractivity contribution < 1.29 is 14.3 Å². The molecular weight excluding hydrogens is 324 g/mol. The van der Waals surface area contributed by atoms with Crippen LogP contribution in [-0.4, -0.2) is 19.0 Å². The maximum absolute atomic E-state index is 12.9. The Balaban J connectivity index is 1.79. The summed E-state index contributed by atoms with van der Waals surface area (Å²) < 4.78 is 11.7. The van der Waals surface area contributed by atoms with E-state index in [2.05, 4.69) is 27.7 Å². The molecule has 0 amide bonds. The molecule has 0 bridgehead atoms. The van der Waals surface area contributed by atoms with Crippen LogP contribution in [0.15, 0.2) is 36.4 Å². The largest absolute Gasteiger partial charge is 0.493 e. The number of hydrogen-bond acceptors (Lipinski definition) is 3. The molecule has 0 saturated heterocycles. The summed E-state index contributed by atoms with van der Waals surface area (Å²) in [5, 5.41) is 0. The van der Waals surface area contributed by atoms with Crippen molar-refractivity contribution in [2.24, 2.45) is 11.8 Å². The highest BCUT2D eigenvalue weighted by molar-refractivity contribution is 6.22. The third kappa shape index (κ3) is 3.77. The Morgan fingerprint density at radius 1 is 0.731 bits per heavy atom. The molecule has 1 aliphatic carbocycles. The third-order valence-electron chi connectivity index (χ3n) is 5.22. The van der Waals surface area contributed by atoms with Gasteiger partial charge in [0.15, 0.2) is 5.78 Å². The molecule has 2 atom stereocenters. The fourth-order valence-electron chi connectivity index (χ4n) is 2.93. The van der Waals surface area contributed by atoms with E-state index in [0.717, 1.165) is 46.6 Å². The lowest BCUT2D eigenvalue weighted by Crippen LogP contribution is -2.08. The number of ether oxygens (including phenoxy) is 2. The van der Waals surface area contributed by atoms with Crippen molar-refractivity contribution in [2.75, 3.05) is 13.2 Å². The van der Waals surface area contributed by atoms with Gasteiger partial charge in [-0.05, 0) is 59.4 Å². The van der Waals surface area contributed by atoms with Gasteiger partial charge in [-0.15, -0.1) is 0 Å². The van der Waals surface area contributed by atoms with E-state index >= 15 is 0 Å². The molecule has 0 heterocycles. The van der Waals surface area contributed by atoms with Crippen LogP contribution in [0.4, 0.5) is 0 Å². The molecular formula is C23H28O3. The first-order valence-electron chi connectivity index (χ1n) is 9.62. The summed E-state index contributed by atoms with van der Waals surface area (Å²) in [6.07, 6.45) is 2.16. The summed E-state index contributed by atoms with van der Waals surface area (Å²) in [4.78, 5) is 12.9. The third-order valence-corrected chi connectivity index (χ3v) is 5.22. The van der Waals surface area contributed by atoms with E-state index in [1.807, 2.05) is 36.4 Å². The molecule has 138 valence electrons. The molecule has 26 heavy (non-hydrogen) atoms. The SMILES string of the molecule is CCC(C)COc1ccc2c(c1)C(=O)c1cc(OCC(C)CC)ccc1-2. The Labute approximate surface area is 156 Å². The Bertz CT molecular complexity index is 729. The van der Waals surface area contributed by atoms with Gasteiger partial charge in [0.25, 0.3) is 0 Å². The van der Waals surface area contributed by atoms with E-state index in [9.17, 15) is 4.79 Å². The number of carbonyl (C=O) groups excluding carboxylic acids is 1. The zero-order valence-electron chi connectivity index (χ0n) is 16.2. The van der Waals surface area contributed by atoms with Gasteiger partial charge in [-0.2, -0.15) is 0 Å². The summed E-state index contributed by atoms with van der Waals surface area (Å²) in [5.74, 6) is 2.58. The van der Waals surface area contributed by atoms with Crippen LogP contribution in [0.1, 0.15) is 56.5 Å². The van der Waals surface area contributed by atoms with Crippen molar-refractivity contribution in [1.29, 1.82) is 0 Å². The average molecular weight is 352 g/mol. The van der Waals surface area contributed by atoms with Gasteiger partial charge in [0.1, 0.15) is 11.5 Å². The van der Waals surface area contributed by atoms with Crippen molar-refractivity contribution in [1.82, 2.24) is 0 Å². The summed E-state index contributed by atoms with van der Waals surface area (Å²) in [7, 11) is 0. The van der Waals surface area contributed by atoms with Crippen molar-refractivity contribution in [3.63, 3.8) is 0 Å². The number of rotatable bonds is 8. The van der Waals surface area contributed by atoms with Crippen molar-refractivity contribution in [3.05, 3.63) is 47.5 Å². The molecule has 3 nitrogen and oxygen atoms in total.